The number of aliphatic hydroxyl groups excluding tert-OH is 1. The van der Waals surface area contributed by atoms with Crippen LogP contribution in [0.1, 0.15) is 13.8 Å². The van der Waals surface area contributed by atoms with Crippen LogP contribution in [-0.2, 0) is 23.1 Å². The molecule has 0 rings (SSSR count). The third-order valence-electron chi connectivity index (χ3n) is 1.77. The number of ether oxygens (including phenoxy) is 2. The van der Waals surface area contributed by atoms with E-state index in [-0.39, 0.29) is 12.8 Å². The van der Waals surface area contributed by atoms with E-state index in [1.807, 2.05) is 0 Å². The van der Waals surface area contributed by atoms with Gasteiger partial charge in [-0.2, -0.15) is 0 Å². The van der Waals surface area contributed by atoms with Crippen molar-refractivity contribution in [3.8, 4) is 0 Å². The van der Waals surface area contributed by atoms with Crippen molar-refractivity contribution in [2.24, 2.45) is 0 Å². The summed E-state index contributed by atoms with van der Waals surface area (Å²) in [7, 11) is -2.99. The molecular formula is C10H23O6P. The van der Waals surface area contributed by atoms with Gasteiger partial charge in [0.1, 0.15) is 0 Å². The molecule has 0 saturated carbocycles. The Balaban J connectivity index is 3.58. The normalized spacial score (nSPS) is 11.9. The van der Waals surface area contributed by atoms with Crippen LogP contribution in [0.4, 0.5) is 0 Å². The van der Waals surface area contributed by atoms with Crippen LogP contribution in [0.3, 0.4) is 0 Å². The Kier molecular flexibility index (Phi) is 11.2. The minimum absolute atomic E-state index is 0.00385. The number of hydrogen-bond donors (Lipinski definition) is 1. The molecule has 0 heterocycles. The maximum atomic E-state index is 12.0. The zero-order valence-electron chi connectivity index (χ0n) is 10.6. The van der Waals surface area contributed by atoms with Gasteiger partial charge in [0.25, 0.3) is 0 Å². The Hall–Kier alpha value is 0.0300. The average Bonchev–Trinajstić information content (AvgIpc) is 2.28. The predicted octanol–water partition coefficient (Wildman–Crippen LogP) is 1.28. The lowest BCUT2D eigenvalue weighted by molar-refractivity contribution is 0.0363. The second kappa shape index (κ2) is 11.1. The standard InChI is InChI=1S/C10H23O6P/c1-3-15-17(12,16-4-2)10-9-14-8-7-13-6-5-11/h11H,3-10H2,1-2H3. The summed E-state index contributed by atoms with van der Waals surface area (Å²) in [5.41, 5.74) is 0. The van der Waals surface area contributed by atoms with Gasteiger partial charge in [0.2, 0.25) is 0 Å². The largest absolute Gasteiger partial charge is 0.394 e. The van der Waals surface area contributed by atoms with E-state index in [0.29, 0.717) is 39.6 Å². The Morgan fingerprint density at radius 2 is 1.47 bits per heavy atom. The zero-order chi connectivity index (χ0) is 13.0. The molecule has 0 radical (unpaired) electrons. The van der Waals surface area contributed by atoms with E-state index in [4.69, 9.17) is 23.6 Å². The first-order chi connectivity index (χ1) is 8.18. The maximum absolute atomic E-state index is 12.0. The Morgan fingerprint density at radius 3 is 1.94 bits per heavy atom. The van der Waals surface area contributed by atoms with E-state index >= 15 is 0 Å². The van der Waals surface area contributed by atoms with Gasteiger partial charge in [-0.25, -0.2) is 0 Å². The number of rotatable bonds is 12. The summed E-state index contributed by atoms with van der Waals surface area (Å²) in [6.07, 6.45) is 0.245. The predicted molar refractivity (Wildman–Crippen MR) is 64.4 cm³/mol. The summed E-state index contributed by atoms with van der Waals surface area (Å²) in [4.78, 5) is 0. The van der Waals surface area contributed by atoms with E-state index in [0.717, 1.165) is 0 Å². The van der Waals surface area contributed by atoms with Crippen LogP contribution >= 0.6 is 7.60 Å². The summed E-state index contributed by atoms with van der Waals surface area (Å²) in [6, 6.07) is 0. The minimum atomic E-state index is -2.99. The van der Waals surface area contributed by atoms with Crippen molar-refractivity contribution in [2.45, 2.75) is 13.8 Å². The summed E-state index contributed by atoms with van der Waals surface area (Å²) >= 11 is 0. The number of hydrogen-bond acceptors (Lipinski definition) is 6. The van der Waals surface area contributed by atoms with Crippen molar-refractivity contribution >= 4 is 7.60 Å². The molecule has 0 saturated heterocycles. The van der Waals surface area contributed by atoms with E-state index in [1.54, 1.807) is 13.8 Å². The summed E-state index contributed by atoms with van der Waals surface area (Å²) in [5.74, 6) is 0. The average molecular weight is 270 g/mol. The van der Waals surface area contributed by atoms with Crippen LogP contribution in [0.25, 0.3) is 0 Å². The van der Waals surface area contributed by atoms with Crippen molar-refractivity contribution in [1.82, 2.24) is 0 Å². The molecule has 0 aliphatic rings. The van der Waals surface area contributed by atoms with Gasteiger partial charge in [0, 0.05) is 0 Å². The molecule has 0 amide bonds. The van der Waals surface area contributed by atoms with Crippen LogP contribution in [-0.4, -0.2) is 57.5 Å². The minimum Gasteiger partial charge on any atom is -0.394 e. The summed E-state index contributed by atoms with van der Waals surface area (Å²) in [6.45, 7) is 5.69. The highest BCUT2D eigenvalue weighted by atomic mass is 31.2. The third kappa shape index (κ3) is 9.71. The molecule has 0 bridgehead atoms. The number of aliphatic hydroxyl groups is 1. The Labute approximate surface area is 103 Å². The van der Waals surface area contributed by atoms with Crippen LogP contribution < -0.4 is 0 Å². The van der Waals surface area contributed by atoms with Crippen molar-refractivity contribution in [3.05, 3.63) is 0 Å². The molecule has 6 nitrogen and oxygen atoms in total. The smallest absolute Gasteiger partial charge is 0.332 e. The molecule has 0 aromatic carbocycles. The fourth-order valence-electron chi connectivity index (χ4n) is 1.12. The van der Waals surface area contributed by atoms with Crippen molar-refractivity contribution in [2.75, 3.05) is 52.4 Å². The van der Waals surface area contributed by atoms with E-state index in [9.17, 15) is 4.57 Å². The molecule has 0 aliphatic heterocycles. The summed E-state index contributed by atoms with van der Waals surface area (Å²) < 4.78 is 32.4. The first-order valence-corrected chi connectivity index (χ1v) is 7.55. The second-order valence-electron chi connectivity index (χ2n) is 3.12. The molecule has 0 spiro atoms. The monoisotopic (exact) mass is 270 g/mol. The third-order valence-corrected chi connectivity index (χ3v) is 3.80. The molecular weight excluding hydrogens is 247 g/mol. The second-order valence-corrected chi connectivity index (χ2v) is 5.30. The molecule has 7 heteroatoms. The molecule has 1 N–H and O–H groups in total. The maximum Gasteiger partial charge on any atom is 0.332 e. The quantitative estimate of drug-likeness (QED) is 0.425. The van der Waals surface area contributed by atoms with Crippen molar-refractivity contribution in [3.63, 3.8) is 0 Å². The van der Waals surface area contributed by atoms with Crippen molar-refractivity contribution < 1.29 is 28.2 Å². The Morgan fingerprint density at radius 1 is 0.941 bits per heavy atom. The first kappa shape index (κ1) is 17.0. The molecule has 104 valence electrons. The van der Waals surface area contributed by atoms with Gasteiger partial charge in [-0.1, -0.05) is 0 Å². The van der Waals surface area contributed by atoms with Crippen LogP contribution in [0.2, 0.25) is 0 Å². The zero-order valence-corrected chi connectivity index (χ0v) is 11.5. The fourth-order valence-corrected chi connectivity index (χ4v) is 2.59. The molecule has 0 aromatic heterocycles. The highest BCUT2D eigenvalue weighted by Gasteiger charge is 2.22. The molecule has 0 fully saturated rings. The molecule has 17 heavy (non-hydrogen) atoms. The fraction of sp³-hybridized carbons (Fsp3) is 1.00. The Bertz CT molecular complexity index is 201. The molecule has 0 unspecified atom stereocenters. The van der Waals surface area contributed by atoms with E-state index < -0.39 is 7.60 Å². The molecule has 0 aliphatic carbocycles. The van der Waals surface area contributed by atoms with Gasteiger partial charge in [0.05, 0.1) is 52.4 Å². The van der Waals surface area contributed by atoms with Gasteiger partial charge in [-0.15, -0.1) is 0 Å². The first-order valence-electron chi connectivity index (χ1n) is 5.83. The van der Waals surface area contributed by atoms with Crippen LogP contribution in [0, 0.1) is 0 Å². The van der Waals surface area contributed by atoms with Crippen LogP contribution in [0.5, 0.6) is 0 Å². The highest BCUT2D eigenvalue weighted by molar-refractivity contribution is 7.53. The van der Waals surface area contributed by atoms with Gasteiger partial charge in [-0.3, -0.25) is 4.57 Å². The van der Waals surface area contributed by atoms with E-state index in [2.05, 4.69) is 0 Å². The highest BCUT2D eigenvalue weighted by Crippen LogP contribution is 2.47. The lowest BCUT2D eigenvalue weighted by Gasteiger charge is -2.16. The van der Waals surface area contributed by atoms with Gasteiger partial charge >= 0.3 is 7.60 Å². The van der Waals surface area contributed by atoms with E-state index in [1.165, 1.54) is 0 Å². The molecule has 0 atom stereocenters. The lowest BCUT2D eigenvalue weighted by atomic mass is 10.7. The molecule has 0 aromatic rings. The van der Waals surface area contributed by atoms with Gasteiger partial charge < -0.3 is 23.6 Å². The van der Waals surface area contributed by atoms with Gasteiger partial charge in [-0.05, 0) is 13.8 Å². The van der Waals surface area contributed by atoms with Gasteiger partial charge in [0.15, 0.2) is 0 Å². The van der Waals surface area contributed by atoms with Crippen molar-refractivity contribution in [1.29, 1.82) is 0 Å². The summed E-state index contributed by atoms with van der Waals surface area (Å²) in [5, 5.41) is 8.46. The lowest BCUT2D eigenvalue weighted by Crippen LogP contribution is -2.11. The van der Waals surface area contributed by atoms with Crippen LogP contribution in [0.15, 0.2) is 0 Å². The SMILES string of the molecule is CCOP(=O)(CCOCCOCCO)OCC. The topological polar surface area (TPSA) is 74.2 Å².